The third kappa shape index (κ3) is 5.00. The van der Waals surface area contributed by atoms with Crippen molar-refractivity contribution >= 4 is 5.97 Å². The van der Waals surface area contributed by atoms with Crippen LogP contribution < -0.4 is 5.32 Å². The molecule has 0 heterocycles. The first-order valence-corrected chi connectivity index (χ1v) is 6.00. The second-order valence-electron chi connectivity index (χ2n) is 4.92. The van der Waals surface area contributed by atoms with Gasteiger partial charge in [-0.25, -0.2) is 0 Å². The summed E-state index contributed by atoms with van der Waals surface area (Å²) in [5, 5.41) is 11.8. The molecule has 3 nitrogen and oxygen atoms in total. The monoisotopic (exact) mass is 235 g/mol. The van der Waals surface area contributed by atoms with Crippen molar-refractivity contribution in [3.63, 3.8) is 0 Å². The molecule has 2 N–H and O–H groups in total. The average Bonchev–Trinajstić information content (AvgIpc) is 2.29. The Balaban J connectivity index is 2.33. The van der Waals surface area contributed by atoms with Gasteiger partial charge < -0.3 is 10.4 Å². The fourth-order valence-electron chi connectivity index (χ4n) is 1.76. The molecule has 94 valence electrons. The summed E-state index contributed by atoms with van der Waals surface area (Å²) >= 11 is 0. The van der Waals surface area contributed by atoms with Crippen molar-refractivity contribution in [2.45, 2.75) is 32.1 Å². The predicted octanol–water partition coefficient (Wildman–Crippen LogP) is 2.42. The molecule has 0 aliphatic rings. The molecular formula is C14H21NO2. The van der Waals surface area contributed by atoms with E-state index in [-0.39, 0.29) is 11.8 Å². The summed E-state index contributed by atoms with van der Waals surface area (Å²) in [5.74, 6) is -0.728. The van der Waals surface area contributed by atoms with E-state index < -0.39 is 5.97 Å². The van der Waals surface area contributed by atoms with Gasteiger partial charge in [-0.1, -0.05) is 44.2 Å². The number of carbonyl (C=O) groups is 1. The van der Waals surface area contributed by atoms with Crippen LogP contribution in [0.2, 0.25) is 0 Å². The Labute approximate surface area is 103 Å². The van der Waals surface area contributed by atoms with E-state index in [1.54, 1.807) is 0 Å². The third-order valence-corrected chi connectivity index (χ3v) is 2.87. The number of benzene rings is 1. The zero-order valence-corrected chi connectivity index (χ0v) is 10.6. The summed E-state index contributed by atoms with van der Waals surface area (Å²) in [7, 11) is 0. The molecule has 3 heteroatoms. The van der Waals surface area contributed by atoms with Crippen molar-refractivity contribution in [3.8, 4) is 0 Å². The van der Waals surface area contributed by atoms with E-state index in [0.717, 1.165) is 13.1 Å². The van der Waals surface area contributed by atoms with Crippen LogP contribution in [0, 0.1) is 0 Å². The molecule has 1 rings (SSSR count). The van der Waals surface area contributed by atoms with Gasteiger partial charge in [0.1, 0.15) is 0 Å². The zero-order valence-electron chi connectivity index (χ0n) is 10.6. The van der Waals surface area contributed by atoms with Crippen molar-refractivity contribution < 1.29 is 9.90 Å². The molecule has 0 unspecified atom stereocenters. The van der Waals surface area contributed by atoms with Crippen LogP contribution in [-0.4, -0.2) is 24.2 Å². The predicted molar refractivity (Wildman–Crippen MR) is 69.2 cm³/mol. The van der Waals surface area contributed by atoms with Gasteiger partial charge in [0.15, 0.2) is 0 Å². The van der Waals surface area contributed by atoms with Crippen LogP contribution in [0.4, 0.5) is 0 Å². The topological polar surface area (TPSA) is 49.3 Å². The Bertz CT molecular complexity index is 346. The lowest BCUT2D eigenvalue weighted by molar-refractivity contribution is -0.137. The molecule has 0 spiro atoms. The van der Waals surface area contributed by atoms with Gasteiger partial charge in [0, 0.05) is 18.4 Å². The highest BCUT2D eigenvalue weighted by Gasteiger charge is 2.19. The van der Waals surface area contributed by atoms with Gasteiger partial charge in [-0.05, 0) is 18.5 Å². The number of carboxylic acid groups (broad SMARTS) is 1. The summed E-state index contributed by atoms with van der Waals surface area (Å²) in [5.41, 5.74) is 1.37. The number of carboxylic acids is 1. The van der Waals surface area contributed by atoms with Gasteiger partial charge in [-0.2, -0.15) is 0 Å². The quantitative estimate of drug-likeness (QED) is 0.714. The van der Waals surface area contributed by atoms with E-state index in [9.17, 15) is 4.79 Å². The Morgan fingerprint density at radius 2 is 1.94 bits per heavy atom. The van der Waals surface area contributed by atoms with Crippen LogP contribution in [0.3, 0.4) is 0 Å². The van der Waals surface area contributed by atoms with Gasteiger partial charge in [0.2, 0.25) is 0 Å². The van der Waals surface area contributed by atoms with Crippen molar-refractivity contribution in [1.29, 1.82) is 0 Å². The number of hydrogen-bond donors (Lipinski definition) is 2. The second-order valence-corrected chi connectivity index (χ2v) is 4.92. The lowest BCUT2D eigenvalue weighted by Gasteiger charge is -2.25. The Morgan fingerprint density at radius 1 is 1.29 bits per heavy atom. The van der Waals surface area contributed by atoms with Gasteiger partial charge >= 0.3 is 5.97 Å². The first kappa shape index (κ1) is 13.7. The van der Waals surface area contributed by atoms with Gasteiger partial charge in [0.25, 0.3) is 0 Å². The highest BCUT2D eigenvalue weighted by molar-refractivity contribution is 5.66. The minimum atomic E-state index is -0.728. The molecule has 0 saturated carbocycles. The van der Waals surface area contributed by atoms with Crippen LogP contribution in [0.15, 0.2) is 30.3 Å². The minimum Gasteiger partial charge on any atom is -0.481 e. The molecule has 0 fully saturated rings. The summed E-state index contributed by atoms with van der Waals surface area (Å²) in [6.45, 7) is 5.98. The molecule has 0 aliphatic heterocycles. The summed E-state index contributed by atoms with van der Waals surface area (Å²) in [4.78, 5) is 10.4. The standard InChI is InChI=1S/C14H21NO2/c1-14(2,12-7-4-3-5-8-12)11-15-10-6-9-13(16)17/h3-5,7-8,15H,6,9-11H2,1-2H3,(H,16,17). The Kier molecular flexibility index (Phi) is 5.16. The van der Waals surface area contributed by atoms with Gasteiger partial charge in [-0.3, -0.25) is 4.79 Å². The summed E-state index contributed by atoms with van der Waals surface area (Å²) < 4.78 is 0. The third-order valence-electron chi connectivity index (χ3n) is 2.87. The molecule has 1 aromatic carbocycles. The fourth-order valence-corrected chi connectivity index (χ4v) is 1.76. The maximum atomic E-state index is 10.4. The summed E-state index contributed by atoms with van der Waals surface area (Å²) in [6.07, 6.45) is 0.916. The molecule has 0 saturated heterocycles. The van der Waals surface area contributed by atoms with Gasteiger partial charge in [0.05, 0.1) is 0 Å². The number of hydrogen-bond acceptors (Lipinski definition) is 2. The molecule has 0 amide bonds. The largest absolute Gasteiger partial charge is 0.481 e. The fraction of sp³-hybridized carbons (Fsp3) is 0.500. The number of rotatable bonds is 7. The summed E-state index contributed by atoms with van der Waals surface area (Å²) in [6, 6.07) is 10.3. The maximum Gasteiger partial charge on any atom is 0.303 e. The zero-order chi connectivity index (χ0) is 12.7. The molecule has 17 heavy (non-hydrogen) atoms. The minimum absolute atomic E-state index is 0.0739. The lowest BCUT2D eigenvalue weighted by Crippen LogP contribution is -2.33. The highest BCUT2D eigenvalue weighted by Crippen LogP contribution is 2.21. The lowest BCUT2D eigenvalue weighted by atomic mass is 9.84. The Morgan fingerprint density at radius 3 is 2.53 bits per heavy atom. The number of nitrogens with one attached hydrogen (secondary N) is 1. The van der Waals surface area contributed by atoms with E-state index in [4.69, 9.17) is 5.11 Å². The van der Waals surface area contributed by atoms with E-state index in [0.29, 0.717) is 6.42 Å². The first-order chi connectivity index (χ1) is 8.02. The van der Waals surface area contributed by atoms with Gasteiger partial charge in [-0.15, -0.1) is 0 Å². The van der Waals surface area contributed by atoms with Crippen molar-refractivity contribution in [2.75, 3.05) is 13.1 Å². The average molecular weight is 235 g/mol. The van der Waals surface area contributed by atoms with Crippen LogP contribution in [0.1, 0.15) is 32.3 Å². The molecule has 0 atom stereocenters. The Hall–Kier alpha value is -1.35. The SMILES string of the molecule is CC(C)(CNCCCC(=O)O)c1ccccc1. The molecular weight excluding hydrogens is 214 g/mol. The van der Waals surface area contributed by atoms with Crippen LogP contribution >= 0.6 is 0 Å². The van der Waals surface area contributed by atoms with E-state index in [2.05, 4.69) is 31.3 Å². The molecule has 0 aliphatic carbocycles. The van der Waals surface area contributed by atoms with Crippen LogP contribution in [0.25, 0.3) is 0 Å². The van der Waals surface area contributed by atoms with E-state index in [1.807, 2.05) is 18.2 Å². The molecule has 0 bridgehead atoms. The molecule has 1 aromatic rings. The van der Waals surface area contributed by atoms with Crippen molar-refractivity contribution in [3.05, 3.63) is 35.9 Å². The smallest absolute Gasteiger partial charge is 0.303 e. The van der Waals surface area contributed by atoms with E-state index in [1.165, 1.54) is 5.56 Å². The normalized spacial score (nSPS) is 11.4. The second kappa shape index (κ2) is 6.40. The first-order valence-electron chi connectivity index (χ1n) is 6.00. The maximum absolute atomic E-state index is 10.4. The highest BCUT2D eigenvalue weighted by atomic mass is 16.4. The van der Waals surface area contributed by atoms with Crippen LogP contribution in [-0.2, 0) is 10.2 Å². The van der Waals surface area contributed by atoms with Crippen LogP contribution in [0.5, 0.6) is 0 Å². The van der Waals surface area contributed by atoms with E-state index >= 15 is 0 Å². The van der Waals surface area contributed by atoms with Crippen molar-refractivity contribution in [1.82, 2.24) is 5.32 Å². The number of aliphatic carboxylic acids is 1. The molecule has 0 aromatic heterocycles. The molecule has 0 radical (unpaired) electrons. The van der Waals surface area contributed by atoms with Crippen molar-refractivity contribution in [2.24, 2.45) is 0 Å².